The molecule has 1 aromatic heterocycles. The normalized spacial score (nSPS) is 10.1. The van der Waals surface area contributed by atoms with Gasteiger partial charge in [0, 0.05) is 11.8 Å². The van der Waals surface area contributed by atoms with E-state index in [1.807, 2.05) is 24.3 Å². The van der Waals surface area contributed by atoms with Crippen LogP contribution in [-0.2, 0) is 4.74 Å². The molecule has 0 aliphatic carbocycles. The van der Waals surface area contributed by atoms with E-state index in [0.29, 0.717) is 34.3 Å². The number of nitrogens with two attached hydrogens (primary N) is 1. The fourth-order valence-corrected chi connectivity index (χ4v) is 2.44. The van der Waals surface area contributed by atoms with Crippen LogP contribution < -0.4 is 21.1 Å². The number of nitrogens with one attached hydrogen (secondary N) is 2. The second-order valence-electron chi connectivity index (χ2n) is 5.50. The number of aromatic nitrogens is 2. The van der Waals surface area contributed by atoms with Crippen molar-refractivity contribution in [3.63, 3.8) is 0 Å². The van der Waals surface area contributed by atoms with Crippen molar-refractivity contribution >= 4 is 34.7 Å². The molecule has 2 aromatic carbocycles. The summed E-state index contributed by atoms with van der Waals surface area (Å²) in [4.78, 5) is 20.3. The molecule has 0 fully saturated rings. The molecule has 27 heavy (non-hydrogen) atoms. The summed E-state index contributed by atoms with van der Waals surface area (Å²) >= 11 is 0. The van der Waals surface area contributed by atoms with Crippen molar-refractivity contribution in [2.45, 2.75) is 0 Å². The van der Waals surface area contributed by atoms with E-state index in [1.54, 1.807) is 31.4 Å². The average Bonchev–Trinajstić information content (AvgIpc) is 2.71. The Balaban J connectivity index is 1.89. The summed E-state index contributed by atoms with van der Waals surface area (Å²) in [6, 6.07) is 14.3. The van der Waals surface area contributed by atoms with Gasteiger partial charge in [0.2, 0.25) is 0 Å². The summed E-state index contributed by atoms with van der Waals surface area (Å²) in [6.45, 7) is 0. The second-order valence-corrected chi connectivity index (χ2v) is 5.50. The Bertz CT molecular complexity index is 962. The second kappa shape index (κ2) is 8.05. The van der Waals surface area contributed by atoms with E-state index in [9.17, 15) is 4.79 Å². The van der Waals surface area contributed by atoms with Crippen LogP contribution in [0.4, 0.5) is 28.7 Å². The molecule has 3 rings (SSSR count). The number of carbonyl (C=O) groups excluding carboxylic acids is 1. The Morgan fingerprint density at radius 2 is 1.74 bits per heavy atom. The SMILES string of the molecule is COC(=O)c1ccccc1Nc1ncnc(Nc2cccc(OC)c2)c1N. The third-order valence-electron chi connectivity index (χ3n) is 3.80. The number of rotatable bonds is 6. The van der Waals surface area contributed by atoms with Crippen LogP contribution in [-0.4, -0.2) is 30.2 Å². The van der Waals surface area contributed by atoms with Gasteiger partial charge in [0.1, 0.15) is 17.8 Å². The molecule has 0 spiro atoms. The highest BCUT2D eigenvalue weighted by Crippen LogP contribution is 2.30. The first-order valence-corrected chi connectivity index (χ1v) is 8.08. The van der Waals surface area contributed by atoms with Crippen molar-refractivity contribution in [3.8, 4) is 5.75 Å². The minimum Gasteiger partial charge on any atom is -0.497 e. The quantitative estimate of drug-likeness (QED) is 0.570. The molecule has 0 aliphatic rings. The van der Waals surface area contributed by atoms with E-state index >= 15 is 0 Å². The summed E-state index contributed by atoms with van der Waals surface area (Å²) in [7, 11) is 2.92. The van der Waals surface area contributed by atoms with Gasteiger partial charge in [-0.2, -0.15) is 0 Å². The highest BCUT2D eigenvalue weighted by atomic mass is 16.5. The predicted molar refractivity (Wildman–Crippen MR) is 104 cm³/mol. The molecular weight excluding hydrogens is 346 g/mol. The first kappa shape index (κ1) is 18.0. The van der Waals surface area contributed by atoms with Crippen LogP contribution in [0, 0.1) is 0 Å². The molecule has 138 valence electrons. The van der Waals surface area contributed by atoms with E-state index in [2.05, 4.69) is 20.6 Å². The monoisotopic (exact) mass is 365 g/mol. The zero-order valence-electron chi connectivity index (χ0n) is 14.9. The number of benzene rings is 2. The number of methoxy groups -OCH3 is 2. The Morgan fingerprint density at radius 3 is 2.48 bits per heavy atom. The van der Waals surface area contributed by atoms with Crippen molar-refractivity contribution in [2.75, 3.05) is 30.6 Å². The third kappa shape index (κ3) is 4.06. The van der Waals surface area contributed by atoms with Crippen LogP contribution in [0.15, 0.2) is 54.9 Å². The standard InChI is InChI=1S/C19H19N5O3/c1-26-13-7-5-6-12(10-13)23-17-16(20)18(22-11-21-17)24-15-9-4-3-8-14(15)19(25)27-2/h3-11H,20H2,1-2H3,(H2,21,22,23,24). The van der Waals surface area contributed by atoms with Crippen LogP contribution in [0.3, 0.4) is 0 Å². The largest absolute Gasteiger partial charge is 0.497 e. The summed E-state index contributed by atoms with van der Waals surface area (Å²) < 4.78 is 10.0. The molecule has 8 nitrogen and oxygen atoms in total. The van der Waals surface area contributed by atoms with Crippen LogP contribution in [0.2, 0.25) is 0 Å². The number of hydrogen-bond acceptors (Lipinski definition) is 8. The topological polar surface area (TPSA) is 111 Å². The Hall–Kier alpha value is -3.81. The number of nitrogens with zero attached hydrogens (tertiary/aromatic N) is 2. The molecule has 0 atom stereocenters. The molecule has 0 saturated carbocycles. The van der Waals surface area contributed by atoms with Gasteiger partial charge in [-0.15, -0.1) is 0 Å². The smallest absolute Gasteiger partial charge is 0.339 e. The Labute approximate surface area is 156 Å². The van der Waals surface area contributed by atoms with E-state index in [-0.39, 0.29) is 0 Å². The fraction of sp³-hybridized carbons (Fsp3) is 0.105. The number of anilines is 5. The lowest BCUT2D eigenvalue weighted by atomic mass is 10.2. The maximum Gasteiger partial charge on any atom is 0.339 e. The average molecular weight is 365 g/mol. The summed E-state index contributed by atoms with van der Waals surface area (Å²) in [5, 5.41) is 6.20. The minimum atomic E-state index is -0.458. The number of nitrogen functional groups attached to an aromatic ring is 1. The van der Waals surface area contributed by atoms with E-state index in [1.165, 1.54) is 13.4 Å². The van der Waals surface area contributed by atoms with Crippen molar-refractivity contribution in [3.05, 3.63) is 60.4 Å². The van der Waals surface area contributed by atoms with Gasteiger partial charge >= 0.3 is 5.97 Å². The number of hydrogen-bond donors (Lipinski definition) is 3. The first-order valence-electron chi connectivity index (χ1n) is 8.08. The molecule has 0 unspecified atom stereocenters. The zero-order chi connectivity index (χ0) is 19.2. The maximum absolute atomic E-state index is 11.9. The molecule has 0 amide bonds. The van der Waals surface area contributed by atoms with Gasteiger partial charge in [-0.25, -0.2) is 14.8 Å². The van der Waals surface area contributed by atoms with Crippen molar-refractivity contribution < 1.29 is 14.3 Å². The summed E-state index contributed by atoms with van der Waals surface area (Å²) in [6.07, 6.45) is 1.38. The lowest BCUT2D eigenvalue weighted by Gasteiger charge is -2.14. The molecular formula is C19H19N5O3. The van der Waals surface area contributed by atoms with Gasteiger partial charge < -0.3 is 25.8 Å². The molecule has 0 bridgehead atoms. The highest BCUT2D eigenvalue weighted by Gasteiger charge is 2.14. The molecule has 3 aromatic rings. The molecule has 0 aliphatic heterocycles. The van der Waals surface area contributed by atoms with Crippen LogP contribution in [0.1, 0.15) is 10.4 Å². The predicted octanol–water partition coefficient (Wildman–Crippen LogP) is 3.34. The van der Waals surface area contributed by atoms with Gasteiger partial charge in [-0.05, 0) is 24.3 Å². The number of esters is 1. The Morgan fingerprint density at radius 1 is 1.00 bits per heavy atom. The molecule has 0 radical (unpaired) electrons. The van der Waals surface area contributed by atoms with Crippen molar-refractivity contribution in [1.29, 1.82) is 0 Å². The van der Waals surface area contributed by atoms with Crippen LogP contribution in [0.25, 0.3) is 0 Å². The van der Waals surface area contributed by atoms with Crippen LogP contribution in [0.5, 0.6) is 5.75 Å². The summed E-state index contributed by atoms with van der Waals surface area (Å²) in [5.74, 6) is 1.04. The molecule has 1 heterocycles. The van der Waals surface area contributed by atoms with Gasteiger partial charge in [-0.1, -0.05) is 18.2 Å². The molecule has 4 N–H and O–H groups in total. The van der Waals surface area contributed by atoms with Crippen molar-refractivity contribution in [1.82, 2.24) is 9.97 Å². The third-order valence-corrected chi connectivity index (χ3v) is 3.80. The minimum absolute atomic E-state index is 0.306. The van der Waals surface area contributed by atoms with E-state index in [0.717, 1.165) is 5.69 Å². The van der Waals surface area contributed by atoms with Gasteiger partial charge in [0.25, 0.3) is 0 Å². The van der Waals surface area contributed by atoms with Crippen molar-refractivity contribution in [2.24, 2.45) is 0 Å². The lowest BCUT2D eigenvalue weighted by Crippen LogP contribution is -2.09. The number of ether oxygens (including phenoxy) is 2. The highest BCUT2D eigenvalue weighted by molar-refractivity contribution is 5.97. The lowest BCUT2D eigenvalue weighted by molar-refractivity contribution is 0.0602. The van der Waals surface area contributed by atoms with Gasteiger partial charge in [0.05, 0.1) is 25.5 Å². The summed E-state index contributed by atoms with van der Waals surface area (Å²) in [5.41, 5.74) is 8.19. The van der Waals surface area contributed by atoms with E-state index in [4.69, 9.17) is 15.2 Å². The molecule has 0 saturated heterocycles. The maximum atomic E-state index is 11.9. The first-order chi connectivity index (χ1) is 13.1. The van der Waals surface area contributed by atoms with Gasteiger partial charge in [-0.3, -0.25) is 0 Å². The fourth-order valence-electron chi connectivity index (χ4n) is 2.44. The van der Waals surface area contributed by atoms with E-state index < -0.39 is 5.97 Å². The van der Waals surface area contributed by atoms with Gasteiger partial charge in [0.15, 0.2) is 11.6 Å². The zero-order valence-corrected chi connectivity index (χ0v) is 14.9. The van der Waals surface area contributed by atoms with Crippen LogP contribution >= 0.6 is 0 Å². The Kier molecular flexibility index (Phi) is 5.36. The number of carbonyl (C=O) groups is 1. The molecule has 8 heteroatoms. The number of para-hydroxylation sites is 1.